The zero-order chi connectivity index (χ0) is 11.8. The first-order chi connectivity index (χ1) is 7.49. The van der Waals surface area contributed by atoms with Crippen LogP contribution in [0.3, 0.4) is 0 Å². The summed E-state index contributed by atoms with van der Waals surface area (Å²) in [5.74, 6) is 1.05. The number of hydrogen-bond acceptors (Lipinski definition) is 4. The van der Waals surface area contributed by atoms with Crippen LogP contribution in [0, 0.1) is 13.8 Å². The molecule has 5 nitrogen and oxygen atoms in total. The van der Waals surface area contributed by atoms with Crippen LogP contribution in [0.25, 0.3) is 0 Å². The second-order valence-corrected chi connectivity index (χ2v) is 5.77. The normalized spacial score (nSPS) is 21.5. The van der Waals surface area contributed by atoms with Gasteiger partial charge < -0.3 is 9.73 Å². The molecule has 90 valence electrons. The van der Waals surface area contributed by atoms with Gasteiger partial charge in [-0.25, -0.2) is 13.1 Å². The Hall–Kier alpha value is -0.850. The zero-order valence-electron chi connectivity index (χ0n) is 9.41. The van der Waals surface area contributed by atoms with Gasteiger partial charge in [-0.1, -0.05) is 0 Å². The molecule has 2 rings (SSSR count). The standard InChI is InChI=1S/C10H16N2O3S/c1-7-5-10(8(2)15-7)16(13,14)12-9-3-4-11-6-9/h5,9,11-12H,3-4,6H2,1-2H3. The molecule has 1 fully saturated rings. The lowest BCUT2D eigenvalue weighted by molar-refractivity contribution is 0.494. The Bertz CT molecular complexity index is 472. The Morgan fingerprint density at radius 3 is 2.75 bits per heavy atom. The molecule has 6 heteroatoms. The average Bonchev–Trinajstić information content (AvgIpc) is 2.75. The highest BCUT2D eigenvalue weighted by molar-refractivity contribution is 7.89. The highest BCUT2D eigenvalue weighted by atomic mass is 32.2. The summed E-state index contributed by atoms with van der Waals surface area (Å²) in [7, 11) is -3.44. The molecule has 1 atom stereocenters. The molecule has 1 unspecified atom stereocenters. The minimum absolute atomic E-state index is 0.0143. The first-order valence-corrected chi connectivity index (χ1v) is 6.77. The molecule has 1 aliphatic rings. The van der Waals surface area contributed by atoms with Gasteiger partial charge >= 0.3 is 0 Å². The van der Waals surface area contributed by atoms with Crippen molar-refractivity contribution in [3.63, 3.8) is 0 Å². The van der Waals surface area contributed by atoms with Crippen LogP contribution in [-0.4, -0.2) is 27.5 Å². The minimum atomic E-state index is -3.44. The van der Waals surface area contributed by atoms with Gasteiger partial charge in [-0.15, -0.1) is 0 Å². The molecule has 0 aliphatic carbocycles. The molecular weight excluding hydrogens is 228 g/mol. The number of rotatable bonds is 3. The summed E-state index contributed by atoms with van der Waals surface area (Å²) in [4.78, 5) is 0.247. The Morgan fingerprint density at radius 2 is 2.25 bits per heavy atom. The summed E-state index contributed by atoms with van der Waals surface area (Å²) in [6, 6.07) is 1.54. The number of nitrogens with one attached hydrogen (secondary N) is 2. The average molecular weight is 244 g/mol. The van der Waals surface area contributed by atoms with Crippen molar-refractivity contribution in [1.29, 1.82) is 0 Å². The minimum Gasteiger partial charge on any atom is -0.465 e. The van der Waals surface area contributed by atoms with Crippen molar-refractivity contribution >= 4 is 10.0 Å². The van der Waals surface area contributed by atoms with Crippen molar-refractivity contribution < 1.29 is 12.8 Å². The van der Waals surface area contributed by atoms with E-state index in [1.165, 1.54) is 0 Å². The summed E-state index contributed by atoms with van der Waals surface area (Å²) in [5.41, 5.74) is 0. The van der Waals surface area contributed by atoms with Crippen LogP contribution in [0.1, 0.15) is 17.9 Å². The van der Waals surface area contributed by atoms with Gasteiger partial charge in [-0.3, -0.25) is 0 Å². The number of hydrogen-bond donors (Lipinski definition) is 2. The summed E-state index contributed by atoms with van der Waals surface area (Å²) < 4.78 is 32.0. The second-order valence-electron chi connectivity index (χ2n) is 4.09. The zero-order valence-corrected chi connectivity index (χ0v) is 10.2. The van der Waals surface area contributed by atoms with E-state index in [-0.39, 0.29) is 10.9 Å². The fourth-order valence-electron chi connectivity index (χ4n) is 1.91. The molecule has 0 saturated carbocycles. The van der Waals surface area contributed by atoms with E-state index in [9.17, 15) is 8.42 Å². The highest BCUT2D eigenvalue weighted by Crippen LogP contribution is 2.19. The van der Waals surface area contributed by atoms with Crippen molar-refractivity contribution in [3.05, 3.63) is 17.6 Å². The molecule has 1 aliphatic heterocycles. The van der Waals surface area contributed by atoms with Crippen LogP contribution in [0.2, 0.25) is 0 Å². The molecule has 0 bridgehead atoms. The van der Waals surface area contributed by atoms with E-state index in [0.717, 1.165) is 13.0 Å². The Labute approximate surface area is 95.3 Å². The molecule has 0 amide bonds. The summed E-state index contributed by atoms with van der Waals surface area (Å²) >= 11 is 0. The maximum atomic E-state index is 12.0. The van der Waals surface area contributed by atoms with Gasteiger partial charge in [0.1, 0.15) is 16.4 Å². The monoisotopic (exact) mass is 244 g/mol. The second kappa shape index (κ2) is 4.20. The molecule has 1 aromatic heterocycles. The maximum Gasteiger partial charge on any atom is 0.244 e. The molecule has 2 heterocycles. The van der Waals surface area contributed by atoms with E-state index in [1.807, 2.05) is 0 Å². The molecule has 0 radical (unpaired) electrons. The molecule has 0 aromatic carbocycles. The van der Waals surface area contributed by atoms with Crippen LogP contribution in [0.15, 0.2) is 15.4 Å². The van der Waals surface area contributed by atoms with Crippen molar-refractivity contribution in [1.82, 2.24) is 10.0 Å². The van der Waals surface area contributed by atoms with Crippen molar-refractivity contribution in [2.45, 2.75) is 31.2 Å². The SMILES string of the molecule is Cc1cc(S(=O)(=O)NC2CCNC2)c(C)o1. The lowest BCUT2D eigenvalue weighted by atomic mass is 10.3. The van der Waals surface area contributed by atoms with Crippen LogP contribution in [0.5, 0.6) is 0 Å². The molecule has 1 saturated heterocycles. The van der Waals surface area contributed by atoms with Gasteiger partial charge in [0.15, 0.2) is 0 Å². The molecular formula is C10H16N2O3S. The Kier molecular flexibility index (Phi) is 3.05. The van der Waals surface area contributed by atoms with Crippen LogP contribution in [-0.2, 0) is 10.0 Å². The van der Waals surface area contributed by atoms with Gasteiger partial charge in [-0.2, -0.15) is 0 Å². The number of aryl methyl sites for hydroxylation is 2. The smallest absolute Gasteiger partial charge is 0.244 e. The Balaban J connectivity index is 2.21. The topological polar surface area (TPSA) is 71.3 Å². The molecule has 2 N–H and O–H groups in total. The van der Waals surface area contributed by atoms with Crippen molar-refractivity contribution in [2.75, 3.05) is 13.1 Å². The first kappa shape index (κ1) is 11.6. The van der Waals surface area contributed by atoms with E-state index < -0.39 is 10.0 Å². The third kappa shape index (κ3) is 2.28. The van der Waals surface area contributed by atoms with Gasteiger partial charge in [0, 0.05) is 12.6 Å². The predicted octanol–water partition coefficient (Wildman–Crippen LogP) is 0.537. The van der Waals surface area contributed by atoms with E-state index in [4.69, 9.17) is 4.42 Å². The summed E-state index contributed by atoms with van der Waals surface area (Å²) in [5, 5.41) is 3.12. The van der Waals surface area contributed by atoms with E-state index in [0.29, 0.717) is 18.1 Å². The molecule has 1 aromatic rings. The third-order valence-corrected chi connectivity index (χ3v) is 4.30. The van der Waals surface area contributed by atoms with Gasteiger partial charge in [0.05, 0.1) is 0 Å². The first-order valence-electron chi connectivity index (χ1n) is 5.29. The lowest BCUT2D eigenvalue weighted by Gasteiger charge is -2.10. The number of sulfonamides is 1. The van der Waals surface area contributed by atoms with Crippen molar-refractivity contribution in [2.24, 2.45) is 0 Å². The fourth-order valence-corrected chi connectivity index (χ4v) is 3.42. The molecule has 16 heavy (non-hydrogen) atoms. The van der Waals surface area contributed by atoms with Crippen LogP contribution < -0.4 is 10.0 Å². The van der Waals surface area contributed by atoms with E-state index in [1.54, 1.807) is 19.9 Å². The lowest BCUT2D eigenvalue weighted by Crippen LogP contribution is -2.36. The van der Waals surface area contributed by atoms with Crippen molar-refractivity contribution in [3.8, 4) is 0 Å². The van der Waals surface area contributed by atoms with Gasteiger partial charge in [0.25, 0.3) is 0 Å². The van der Waals surface area contributed by atoms with Gasteiger partial charge in [0.2, 0.25) is 10.0 Å². The fraction of sp³-hybridized carbons (Fsp3) is 0.600. The molecule has 0 spiro atoms. The predicted molar refractivity (Wildman–Crippen MR) is 59.8 cm³/mol. The third-order valence-electron chi connectivity index (χ3n) is 2.67. The van der Waals surface area contributed by atoms with Crippen LogP contribution in [0.4, 0.5) is 0 Å². The summed E-state index contributed by atoms with van der Waals surface area (Å²) in [6.07, 6.45) is 0.828. The van der Waals surface area contributed by atoms with E-state index >= 15 is 0 Å². The van der Waals surface area contributed by atoms with E-state index in [2.05, 4.69) is 10.0 Å². The maximum absolute atomic E-state index is 12.0. The van der Waals surface area contributed by atoms with Crippen LogP contribution >= 0.6 is 0 Å². The van der Waals surface area contributed by atoms with Gasteiger partial charge in [-0.05, 0) is 32.9 Å². The highest BCUT2D eigenvalue weighted by Gasteiger charge is 2.25. The largest absolute Gasteiger partial charge is 0.465 e. The summed E-state index contributed by atoms with van der Waals surface area (Å²) in [6.45, 7) is 4.95. The Morgan fingerprint density at radius 1 is 1.50 bits per heavy atom. The number of furan rings is 1. The quantitative estimate of drug-likeness (QED) is 0.814.